The van der Waals surface area contributed by atoms with Gasteiger partial charge in [-0.1, -0.05) is 18.2 Å². The molecule has 3 rings (SSSR count). The van der Waals surface area contributed by atoms with Gasteiger partial charge in [-0.2, -0.15) is 0 Å². The van der Waals surface area contributed by atoms with Crippen LogP contribution in [-0.4, -0.2) is 37.9 Å². The second kappa shape index (κ2) is 8.62. The van der Waals surface area contributed by atoms with Gasteiger partial charge in [-0.3, -0.25) is 9.36 Å². The second-order valence-corrected chi connectivity index (χ2v) is 8.77. The van der Waals surface area contributed by atoms with Crippen molar-refractivity contribution < 1.29 is 24.5 Å². The van der Waals surface area contributed by atoms with E-state index in [1.807, 2.05) is 0 Å². The van der Waals surface area contributed by atoms with Crippen molar-refractivity contribution in [2.45, 2.75) is 46.2 Å². The van der Waals surface area contributed by atoms with Gasteiger partial charge in [0.05, 0.1) is 12.0 Å². The van der Waals surface area contributed by atoms with Crippen LogP contribution in [-0.2, 0) is 28.0 Å². The van der Waals surface area contributed by atoms with Crippen LogP contribution in [0.15, 0.2) is 33.9 Å². The third-order valence-electron chi connectivity index (χ3n) is 5.35. The fraction of sp³-hybridized carbons (Fsp3) is 0.364. The maximum absolute atomic E-state index is 13.4. The van der Waals surface area contributed by atoms with Gasteiger partial charge in [0.1, 0.15) is 21.0 Å². The Hall–Kier alpha value is -3.40. The number of aliphatic carboxylic acids is 1. The largest absolute Gasteiger partial charge is 0.508 e. The lowest BCUT2D eigenvalue weighted by Crippen LogP contribution is -2.52. The number of hydrogen-bond acceptors (Lipinski definition) is 7. The highest BCUT2D eigenvalue weighted by Crippen LogP contribution is 2.29. The van der Waals surface area contributed by atoms with Gasteiger partial charge in [0.2, 0.25) is 0 Å². The number of rotatable bonds is 7. The number of phenolic OH excluding ortho intramolecular Hbond substituents is 1. The van der Waals surface area contributed by atoms with E-state index in [-0.39, 0.29) is 40.4 Å². The van der Waals surface area contributed by atoms with Gasteiger partial charge in [0.25, 0.3) is 5.56 Å². The number of nitrogens with zero attached hydrogens (tertiary/aromatic N) is 2. The van der Waals surface area contributed by atoms with E-state index in [9.17, 15) is 29.4 Å². The van der Waals surface area contributed by atoms with E-state index >= 15 is 0 Å². The molecule has 9 nitrogen and oxygen atoms in total. The summed E-state index contributed by atoms with van der Waals surface area (Å²) in [5.41, 5.74) is -2.49. The maximum Gasteiger partial charge on any atom is 0.348 e. The summed E-state index contributed by atoms with van der Waals surface area (Å²) in [5.74, 6) is -1.90. The summed E-state index contributed by atoms with van der Waals surface area (Å²) in [5, 5.41) is 19.8. The summed E-state index contributed by atoms with van der Waals surface area (Å²) >= 11 is 0.959. The first-order valence-corrected chi connectivity index (χ1v) is 10.8. The first-order valence-electron chi connectivity index (χ1n) is 9.99. The van der Waals surface area contributed by atoms with Gasteiger partial charge in [-0.05, 0) is 51.3 Å². The lowest BCUT2D eigenvalue weighted by atomic mass is 10.1. The summed E-state index contributed by atoms with van der Waals surface area (Å²) < 4.78 is 7.07. The molecule has 2 N–H and O–H groups in total. The third kappa shape index (κ3) is 3.81. The van der Waals surface area contributed by atoms with Crippen molar-refractivity contribution in [1.29, 1.82) is 0 Å². The van der Waals surface area contributed by atoms with E-state index in [4.69, 9.17) is 4.74 Å². The molecule has 1 aromatic carbocycles. The Morgan fingerprint density at radius 2 is 1.84 bits per heavy atom. The summed E-state index contributed by atoms with van der Waals surface area (Å²) in [4.78, 5) is 51.4. The first-order chi connectivity index (χ1) is 15.0. The first kappa shape index (κ1) is 23.3. The second-order valence-electron chi connectivity index (χ2n) is 7.77. The number of carboxylic acids is 1. The average Bonchev–Trinajstić information content (AvgIpc) is 3.06. The number of carbonyl (C=O) groups is 2. The van der Waals surface area contributed by atoms with E-state index in [0.717, 1.165) is 11.3 Å². The topological polar surface area (TPSA) is 128 Å². The molecule has 0 saturated carbocycles. The minimum Gasteiger partial charge on any atom is -0.508 e. The van der Waals surface area contributed by atoms with E-state index in [1.54, 1.807) is 32.0 Å². The molecular formula is C22H24N2O7S. The number of ether oxygens (including phenoxy) is 1. The predicted molar refractivity (Wildman–Crippen MR) is 120 cm³/mol. The van der Waals surface area contributed by atoms with E-state index in [1.165, 1.54) is 24.5 Å². The van der Waals surface area contributed by atoms with Crippen LogP contribution in [0.1, 0.15) is 41.6 Å². The lowest BCUT2D eigenvalue weighted by molar-refractivity contribution is -0.146. The number of para-hydroxylation sites is 1. The summed E-state index contributed by atoms with van der Waals surface area (Å²) in [6.07, 6.45) is 0.249. The highest BCUT2D eigenvalue weighted by Gasteiger charge is 2.35. The zero-order valence-electron chi connectivity index (χ0n) is 18.2. The molecule has 0 fully saturated rings. The van der Waals surface area contributed by atoms with Crippen molar-refractivity contribution in [3.05, 3.63) is 61.1 Å². The Bertz CT molecular complexity index is 1330. The molecule has 32 heavy (non-hydrogen) atoms. The highest BCUT2D eigenvalue weighted by molar-refractivity contribution is 7.20. The number of phenols is 1. The monoisotopic (exact) mass is 460 g/mol. The Morgan fingerprint density at radius 1 is 1.19 bits per heavy atom. The number of aryl methyl sites for hydroxylation is 3. The van der Waals surface area contributed by atoms with Crippen molar-refractivity contribution in [3.63, 3.8) is 0 Å². The molecule has 0 amide bonds. The van der Waals surface area contributed by atoms with Crippen molar-refractivity contribution in [2.24, 2.45) is 0 Å². The third-order valence-corrected chi connectivity index (χ3v) is 6.65. The van der Waals surface area contributed by atoms with Gasteiger partial charge in [-0.25, -0.2) is 19.0 Å². The van der Waals surface area contributed by atoms with Crippen LogP contribution in [0.4, 0.5) is 0 Å². The quantitative estimate of drug-likeness (QED) is 0.519. The molecule has 0 aliphatic rings. The molecular weight excluding hydrogens is 436 g/mol. The van der Waals surface area contributed by atoms with Crippen LogP contribution < -0.4 is 11.2 Å². The van der Waals surface area contributed by atoms with Gasteiger partial charge in [0.15, 0.2) is 0 Å². The van der Waals surface area contributed by atoms with Gasteiger partial charge < -0.3 is 14.9 Å². The van der Waals surface area contributed by atoms with Crippen molar-refractivity contribution >= 4 is 33.5 Å². The van der Waals surface area contributed by atoms with Crippen molar-refractivity contribution in [3.8, 4) is 5.75 Å². The number of carbonyl (C=O) groups excluding carboxylic acids is 1. The van der Waals surface area contributed by atoms with Crippen LogP contribution in [0.25, 0.3) is 10.2 Å². The fourth-order valence-electron chi connectivity index (χ4n) is 3.48. The number of aromatic hydroxyl groups is 1. The van der Waals surface area contributed by atoms with Gasteiger partial charge in [-0.15, -0.1) is 11.3 Å². The lowest BCUT2D eigenvalue weighted by Gasteiger charge is -2.23. The van der Waals surface area contributed by atoms with Crippen LogP contribution in [0, 0.1) is 6.92 Å². The van der Waals surface area contributed by atoms with Crippen molar-refractivity contribution in [2.75, 3.05) is 6.61 Å². The van der Waals surface area contributed by atoms with Crippen molar-refractivity contribution in [1.82, 2.24) is 9.13 Å². The van der Waals surface area contributed by atoms with Gasteiger partial charge >= 0.3 is 17.6 Å². The number of thiophene rings is 1. The normalized spacial score (nSPS) is 11.6. The zero-order chi connectivity index (χ0) is 23.8. The molecule has 0 aliphatic carbocycles. The molecule has 0 radical (unpaired) electrons. The molecule has 2 heterocycles. The SMILES string of the molecule is CCOC(=O)c1sc2c(c1C)c(=O)n(C(C)(C)C(=O)O)c(=O)n2CCc1ccccc1O. The standard InChI is InChI=1S/C22H24N2O7S/c1-5-31-19(27)16-12(2)15-17(26)24(22(3,4)20(28)29)21(30)23(18(15)32-16)11-10-13-8-6-7-9-14(13)25/h6-9,25H,5,10-11H2,1-4H3,(H,28,29). The van der Waals surface area contributed by atoms with Crippen LogP contribution >= 0.6 is 11.3 Å². The Labute approximate surface area is 187 Å². The van der Waals surface area contributed by atoms with Crippen LogP contribution in [0.5, 0.6) is 5.75 Å². The number of hydrogen-bond donors (Lipinski definition) is 2. The minimum atomic E-state index is -1.82. The molecule has 170 valence electrons. The smallest absolute Gasteiger partial charge is 0.348 e. The zero-order valence-corrected chi connectivity index (χ0v) is 19.0. The van der Waals surface area contributed by atoms with Crippen LogP contribution in [0.3, 0.4) is 0 Å². The minimum absolute atomic E-state index is 0.0606. The summed E-state index contributed by atoms with van der Waals surface area (Å²) in [6, 6.07) is 6.65. The molecule has 0 spiro atoms. The molecule has 10 heteroatoms. The number of aromatic nitrogens is 2. The molecule has 0 saturated heterocycles. The molecule has 0 atom stereocenters. The highest BCUT2D eigenvalue weighted by atomic mass is 32.1. The van der Waals surface area contributed by atoms with E-state index in [2.05, 4.69) is 0 Å². The number of benzene rings is 1. The van der Waals surface area contributed by atoms with Gasteiger partial charge in [0, 0.05) is 6.54 Å². The Kier molecular flexibility index (Phi) is 6.27. The number of esters is 1. The Morgan fingerprint density at radius 3 is 2.44 bits per heavy atom. The number of fused-ring (bicyclic) bond motifs is 1. The molecule has 0 bridgehead atoms. The molecule has 0 aliphatic heterocycles. The van der Waals surface area contributed by atoms with E-state index < -0.39 is 28.7 Å². The molecule has 2 aromatic heterocycles. The van der Waals surface area contributed by atoms with Crippen LogP contribution in [0.2, 0.25) is 0 Å². The fourth-order valence-corrected chi connectivity index (χ4v) is 4.69. The van der Waals surface area contributed by atoms with E-state index in [0.29, 0.717) is 15.7 Å². The average molecular weight is 461 g/mol. The summed E-state index contributed by atoms with van der Waals surface area (Å²) in [6.45, 7) is 5.97. The molecule has 0 unspecified atom stereocenters. The molecule has 3 aromatic rings. The predicted octanol–water partition coefficient (Wildman–Crippen LogP) is 2.48. The summed E-state index contributed by atoms with van der Waals surface area (Å²) in [7, 11) is 0. The number of carboxylic acid groups (broad SMARTS) is 1. The Balaban J connectivity index is 2.32. The maximum atomic E-state index is 13.4.